The minimum atomic E-state index is -1.18. The molecule has 0 aliphatic rings. The Hall–Kier alpha value is -3.59. The Morgan fingerprint density at radius 2 is 1.91 bits per heavy atom. The summed E-state index contributed by atoms with van der Waals surface area (Å²) in [6.07, 6.45) is 4.14. The SMILES string of the molecule is CN(C)CCCOc1cnc(-c2cccc(Cn3c(=O)oc4c(F)c(F)ccc43)c2)nc1. The Morgan fingerprint density at radius 1 is 1.12 bits per heavy atom. The largest absolute Gasteiger partial charge is 0.490 e. The van der Waals surface area contributed by atoms with Gasteiger partial charge in [-0.1, -0.05) is 18.2 Å². The molecule has 2 aromatic carbocycles. The zero-order valence-electron chi connectivity index (χ0n) is 17.7. The molecule has 7 nitrogen and oxygen atoms in total. The van der Waals surface area contributed by atoms with Gasteiger partial charge in [-0.2, -0.15) is 4.39 Å². The van der Waals surface area contributed by atoms with Gasteiger partial charge in [0.2, 0.25) is 5.82 Å². The summed E-state index contributed by atoms with van der Waals surface area (Å²) in [5.41, 5.74) is 1.30. The maximum absolute atomic E-state index is 13.9. The molecule has 0 fully saturated rings. The highest BCUT2D eigenvalue weighted by atomic mass is 19.2. The smallest absolute Gasteiger partial charge is 0.420 e. The number of oxazole rings is 1. The fourth-order valence-electron chi connectivity index (χ4n) is 3.32. The van der Waals surface area contributed by atoms with Gasteiger partial charge in [0.25, 0.3) is 0 Å². The Bertz CT molecular complexity index is 1280. The van der Waals surface area contributed by atoms with Crippen LogP contribution < -0.4 is 10.5 Å². The Balaban J connectivity index is 1.51. The Labute approximate surface area is 182 Å². The van der Waals surface area contributed by atoms with Gasteiger partial charge in [0.15, 0.2) is 23.0 Å². The van der Waals surface area contributed by atoms with E-state index in [1.54, 1.807) is 12.4 Å². The van der Waals surface area contributed by atoms with Crippen molar-refractivity contribution in [3.05, 3.63) is 76.5 Å². The van der Waals surface area contributed by atoms with Crippen molar-refractivity contribution >= 4 is 11.1 Å². The summed E-state index contributed by atoms with van der Waals surface area (Å²) in [6.45, 7) is 1.63. The van der Waals surface area contributed by atoms with E-state index in [0.717, 1.165) is 30.2 Å². The van der Waals surface area contributed by atoms with Crippen molar-refractivity contribution in [1.29, 1.82) is 0 Å². The lowest BCUT2D eigenvalue weighted by Crippen LogP contribution is -2.15. The van der Waals surface area contributed by atoms with Crippen molar-refractivity contribution in [3.8, 4) is 17.1 Å². The van der Waals surface area contributed by atoms with E-state index in [-0.39, 0.29) is 12.1 Å². The van der Waals surface area contributed by atoms with Crippen LogP contribution in [-0.4, -0.2) is 46.7 Å². The normalized spacial score (nSPS) is 11.4. The highest BCUT2D eigenvalue weighted by Crippen LogP contribution is 2.22. The number of nitrogens with zero attached hydrogens (tertiary/aromatic N) is 4. The number of aromatic nitrogens is 3. The van der Waals surface area contributed by atoms with Gasteiger partial charge in [0.05, 0.1) is 31.1 Å². The van der Waals surface area contributed by atoms with Crippen LogP contribution in [0.2, 0.25) is 0 Å². The molecule has 2 aromatic heterocycles. The number of hydrogen-bond acceptors (Lipinski definition) is 6. The van der Waals surface area contributed by atoms with E-state index in [1.165, 1.54) is 10.6 Å². The molecule has 0 N–H and O–H groups in total. The third-order valence-electron chi connectivity index (χ3n) is 4.90. The molecule has 0 aliphatic carbocycles. The molecule has 0 unspecified atom stereocenters. The van der Waals surface area contributed by atoms with E-state index >= 15 is 0 Å². The number of ether oxygens (including phenoxy) is 1. The molecule has 2 heterocycles. The second kappa shape index (κ2) is 9.27. The number of halogens is 2. The second-order valence-electron chi connectivity index (χ2n) is 7.61. The topological polar surface area (TPSA) is 73.4 Å². The van der Waals surface area contributed by atoms with Crippen LogP contribution >= 0.6 is 0 Å². The highest BCUT2D eigenvalue weighted by molar-refractivity contribution is 5.73. The average molecular weight is 440 g/mol. The van der Waals surface area contributed by atoms with Crippen LogP contribution in [0.4, 0.5) is 8.78 Å². The van der Waals surface area contributed by atoms with Crippen molar-refractivity contribution in [1.82, 2.24) is 19.4 Å². The molecular formula is C23H22F2N4O3. The first-order valence-electron chi connectivity index (χ1n) is 10.1. The molecule has 0 spiro atoms. The first-order chi connectivity index (χ1) is 15.4. The van der Waals surface area contributed by atoms with E-state index in [2.05, 4.69) is 14.9 Å². The van der Waals surface area contributed by atoms with Crippen LogP contribution in [0.5, 0.6) is 5.75 Å². The first kappa shape index (κ1) is 21.6. The van der Waals surface area contributed by atoms with Crippen LogP contribution in [-0.2, 0) is 6.54 Å². The molecule has 0 aliphatic heterocycles. The Kier molecular flexibility index (Phi) is 6.27. The number of hydrogen-bond donors (Lipinski definition) is 0. The van der Waals surface area contributed by atoms with E-state index in [4.69, 9.17) is 9.15 Å². The molecule has 4 rings (SSSR count). The first-order valence-corrected chi connectivity index (χ1v) is 10.1. The van der Waals surface area contributed by atoms with Gasteiger partial charge in [-0.3, -0.25) is 4.57 Å². The lowest BCUT2D eigenvalue weighted by atomic mass is 10.1. The predicted octanol–water partition coefficient (Wildman–Crippen LogP) is 3.71. The molecule has 0 amide bonds. The molecule has 0 radical (unpaired) electrons. The van der Waals surface area contributed by atoms with Gasteiger partial charge >= 0.3 is 5.76 Å². The van der Waals surface area contributed by atoms with Crippen LogP contribution in [0.3, 0.4) is 0 Å². The molecule has 0 saturated carbocycles. The van der Waals surface area contributed by atoms with Crippen LogP contribution in [0, 0.1) is 11.6 Å². The van der Waals surface area contributed by atoms with E-state index in [9.17, 15) is 13.6 Å². The van der Waals surface area contributed by atoms with Crippen LogP contribution in [0.1, 0.15) is 12.0 Å². The highest BCUT2D eigenvalue weighted by Gasteiger charge is 2.17. The van der Waals surface area contributed by atoms with E-state index in [0.29, 0.717) is 18.2 Å². The lowest BCUT2D eigenvalue weighted by Gasteiger charge is -2.10. The summed E-state index contributed by atoms with van der Waals surface area (Å²) in [7, 11) is 4.02. The molecule has 166 valence electrons. The Morgan fingerprint density at radius 3 is 2.66 bits per heavy atom. The van der Waals surface area contributed by atoms with Gasteiger partial charge < -0.3 is 14.1 Å². The van der Waals surface area contributed by atoms with Gasteiger partial charge in [0.1, 0.15) is 0 Å². The number of benzene rings is 2. The van der Waals surface area contributed by atoms with Gasteiger partial charge in [0, 0.05) is 12.1 Å². The van der Waals surface area contributed by atoms with Crippen molar-refractivity contribution in [2.45, 2.75) is 13.0 Å². The van der Waals surface area contributed by atoms with E-state index in [1.807, 2.05) is 38.4 Å². The van der Waals surface area contributed by atoms with Crippen LogP contribution in [0.15, 0.2) is 58.0 Å². The monoisotopic (exact) mass is 440 g/mol. The zero-order chi connectivity index (χ0) is 22.7. The third-order valence-corrected chi connectivity index (χ3v) is 4.90. The minimum absolute atomic E-state index is 0.123. The van der Waals surface area contributed by atoms with Gasteiger partial charge in [-0.25, -0.2) is 19.2 Å². The average Bonchev–Trinajstić information content (AvgIpc) is 3.10. The molecule has 0 atom stereocenters. The van der Waals surface area contributed by atoms with Gasteiger partial charge in [-0.15, -0.1) is 0 Å². The molecule has 0 bridgehead atoms. The molecule has 0 saturated heterocycles. The zero-order valence-corrected chi connectivity index (χ0v) is 17.7. The maximum atomic E-state index is 13.9. The molecule has 9 heteroatoms. The summed E-state index contributed by atoms with van der Waals surface area (Å²) >= 11 is 0. The summed E-state index contributed by atoms with van der Waals surface area (Å²) in [5, 5.41) is 0. The fourth-order valence-corrected chi connectivity index (χ4v) is 3.32. The minimum Gasteiger partial charge on any atom is -0.490 e. The summed E-state index contributed by atoms with van der Waals surface area (Å²) < 4.78 is 39.2. The fraction of sp³-hybridized carbons (Fsp3) is 0.261. The van der Waals surface area contributed by atoms with Crippen molar-refractivity contribution < 1.29 is 17.9 Å². The van der Waals surface area contributed by atoms with Crippen LogP contribution in [0.25, 0.3) is 22.5 Å². The summed E-state index contributed by atoms with van der Waals surface area (Å²) in [5.74, 6) is -1.91. The predicted molar refractivity (Wildman–Crippen MR) is 116 cm³/mol. The lowest BCUT2D eigenvalue weighted by molar-refractivity contribution is 0.280. The molecule has 4 aromatic rings. The van der Waals surface area contributed by atoms with E-state index < -0.39 is 23.0 Å². The number of fused-ring (bicyclic) bond motifs is 1. The van der Waals surface area contributed by atoms with Crippen molar-refractivity contribution in [3.63, 3.8) is 0 Å². The third kappa shape index (κ3) is 4.67. The van der Waals surface area contributed by atoms with Gasteiger partial charge in [-0.05, 0) is 44.3 Å². The maximum Gasteiger partial charge on any atom is 0.420 e. The second-order valence-corrected chi connectivity index (χ2v) is 7.61. The van der Waals surface area contributed by atoms with Crippen molar-refractivity contribution in [2.24, 2.45) is 0 Å². The number of rotatable bonds is 8. The van der Waals surface area contributed by atoms with Crippen molar-refractivity contribution in [2.75, 3.05) is 27.2 Å². The molecule has 32 heavy (non-hydrogen) atoms. The summed E-state index contributed by atoms with van der Waals surface area (Å²) in [6, 6.07) is 9.60. The standard InChI is InChI=1S/C23H22F2N4O3/c1-28(2)9-4-10-31-17-12-26-22(27-13-17)16-6-3-5-15(11-16)14-29-19-8-7-18(24)20(25)21(19)32-23(29)30/h3,5-8,11-13H,4,9-10,14H2,1-2H3. The summed E-state index contributed by atoms with van der Waals surface area (Å²) in [4.78, 5) is 23.0. The molecular weight excluding hydrogens is 418 g/mol. The quantitative estimate of drug-likeness (QED) is 0.389.